The summed E-state index contributed by atoms with van der Waals surface area (Å²) < 4.78 is 10.1. The lowest BCUT2D eigenvalue weighted by atomic mass is 10.2. The van der Waals surface area contributed by atoms with Crippen LogP contribution in [-0.4, -0.2) is 22.9 Å². The Kier molecular flexibility index (Phi) is 5.16. The van der Waals surface area contributed by atoms with Crippen molar-refractivity contribution >= 4 is 34.2 Å². The van der Waals surface area contributed by atoms with Crippen LogP contribution in [0.25, 0.3) is 11.0 Å². The van der Waals surface area contributed by atoms with E-state index >= 15 is 0 Å². The van der Waals surface area contributed by atoms with Gasteiger partial charge in [-0.3, -0.25) is 14.9 Å². The lowest BCUT2D eigenvalue weighted by molar-refractivity contribution is -0.383. The van der Waals surface area contributed by atoms with Gasteiger partial charge in [-0.05, 0) is 25.1 Å². The number of nitrogens with one attached hydrogen (secondary N) is 1. The van der Waals surface area contributed by atoms with Crippen molar-refractivity contribution in [1.29, 1.82) is 0 Å². The Morgan fingerprint density at radius 2 is 1.82 bits per heavy atom. The van der Waals surface area contributed by atoms with E-state index in [9.17, 15) is 24.5 Å². The zero-order valence-electron chi connectivity index (χ0n) is 14.6. The maximum atomic E-state index is 12.3. The number of amides is 1. The standard InChI is InChI=1S/C19H14N2O7/c1-11(17(22)20-14-7-3-4-8-15(14)21(25)26)27-18(23)13-10-12-6-2-5-9-16(12)28-19(13)24/h2-11H,1H3,(H,20,22)/t11-/m0/s1. The van der Waals surface area contributed by atoms with Gasteiger partial charge < -0.3 is 14.5 Å². The summed E-state index contributed by atoms with van der Waals surface area (Å²) in [6.45, 7) is 1.28. The molecule has 1 amide bonds. The second-order valence-electron chi connectivity index (χ2n) is 5.80. The number of para-hydroxylation sites is 3. The van der Waals surface area contributed by atoms with Crippen molar-refractivity contribution in [2.75, 3.05) is 5.32 Å². The monoisotopic (exact) mass is 382 g/mol. The number of carbonyl (C=O) groups excluding carboxylic acids is 2. The summed E-state index contributed by atoms with van der Waals surface area (Å²) in [5, 5.41) is 13.9. The Balaban J connectivity index is 1.76. The highest BCUT2D eigenvalue weighted by atomic mass is 16.6. The number of ether oxygens (including phenoxy) is 1. The molecule has 0 radical (unpaired) electrons. The summed E-state index contributed by atoms with van der Waals surface area (Å²) in [6, 6.07) is 13.5. The molecule has 1 atom stereocenters. The van der Waals surface area contributed by atoms with Crippen molar-refractivity contribution < 1.29 is 23.7 Å². The molecular formula is C19H14N2O7. The van der Waals surface area contributed by atoms with Gasteiger partial charge in [0.25, 0.3) is 11.6 Å². The summed E-state index contributed by atoms with van der Waals surface area (Å²) >= 11 is 0. The minimum Gasteiger partial charge on any atom is -0.449 e. The van der Waals surface area contributed by atoms with E-state index in [2.05, 4.69) is 5.32 Å². The van der Waals surface area contributed by atoms with E-state index < -0.39 is 28.5 Å². The number of benzene rings is 2. The summed E-state index contributed by atoms with van der Waals surface area (Å²) in [5.41, 5.74) is -1.28. The molecule has 0 saturated heterocycles. The van der Waals surface area contributed by atoms with Gasteiger partial charge in [0.2, 0.25) is 0 Å². The van der Waals surface area contributed by atoms with Gasteiger partial charge in [0.15, 0.2) is 6.10 Å². The normalized spacial score (nSPS) is 11.6. The Morgan fingerprint density at radius 3 is 2.57 bits per heavy atom. The third-order valence-corrected chi connectivity index (χ3v) is 3.87. The number of nitro benzene ring substituents is 1. The maximum absolute atomic E-state index is 12.3. The first-order valence-electron chi connectivity index (χ1n) is 8.15. The molecule has 28 heavy (non-hydrogen) atoms. The van der Waals surface area contributed by atoms with Gasteiger partial charge in [-0.2, -0.15) is 0 Å². The first kappa shape index (κ1) is 18.8. The van der Waals surface area contributed by atoms with Crippen molar-refractivity contribution in [2.24, 2.45) is 0 Å². The van der Waals surface area contributed by atoms with E-state index in [1.54, 1.807) is 24.3 Å². The minimum atomic E-state index is -1.31. The largest absolute Gasteiger partial charge is 0.449 e. The molecule has 1 aromatic heterocycles. The fourth-order valence-corrected chi connectivity index (χ4v) is 2.45. The smallest absolute Gasteiger partial charge is 0.351 e. The van der Waals surface area contributed by atoms with Gasteiger partial charge in [-0.15, -0.1) is 0 Å². The number of carbonyl (C=O) groups is 2. The van der Waals surface area contributed by atoms with Crippen LogP contribution in [0.4, 0.5) is 11.4 Å². The van der Waals surface area contributed by atoms with E-state index in [0.717, 1.165) is 0 Å². The Hall–Kier alpha value is -4.01. The van der Waals surface area contributed by atoms with Gasteiger partial charge in [0, 0.05) is 11.5 Å². The summed E-state index contributed by atoms with van der Waals surface area (Å²) in [7, 11) is 0. The van der Waals surface area contributed by atoms with Crippen LogP contribution < -0.4 is 10.9 Å². The molecule has 3 aromatic rings. The van der Waals surface area contributed by atoms with Crippen LogP contribution in [-0.2, 0) is 9.53 Å². The Labute approximate surface area is 157 Å². The maximum Gasteiger partial charge on any atom is 0.351 e. The minimum absolute atomic E-state index is 0.0365. The predicted octanol–water partition coefficient (Wildman–Crippen LogP) is 2.89. The Bertz CT molecular complexity index is 1140. The molecule has 2 aromatic carbocycles. The van der Waals surface area contributed by atoms with Crippen LogP contribution in [0.2, 0.25) is 0 Å². The molecule has 0 bridgehead atoms. The van der Waals surface area contributed by atoms with Crippen molar-refractivity contribution in [1.82, 2.24) is 0 Å². The van der Waals surface area contributed by atoms with Gasteiger partial charge in [-0.1, -0.05) is 30.3 Å². The van der Waals surface area contributed by atoms with Gasteiger partial charge in [0.05, 0.1) is 4.92 Å². The molecule has 0 unspecified atom stereocenters. The average Bonchev–Trinajstić information content (AvgIpc) is 2.67. The summed E-state index contributed by atoms with van der Waals surface area (Å²) in [6.07, 6.45) is -1.31. The van der Waals surface area contributed by atoms with Crippen LogP contribution in [0.3, 0.4) is 0 Å². The zero-order chi connectivity index (χ0) is 20.3. The fraction of sp³-hybridized carbons (Fsp3) is 0.105. The summed E-state index contributed by atoms with van der Waals surface area (Å²) in [5.74, 6) is -1.82. The Morgan fingerprint density at radius 1 is 1.14 bits per heavy atom. The molecule has 0 aliphatic rings. The van der Waals surface area contributed by atoms with Gasteiger partial charge in [-0.25, -0.2) is 9.59 Å². The molecule has 1 N–H and O–H groups in total. The number of hydrogen-bond acceptors (Lipinski definition) is 7. The van der Waals surface area contributed by atoms with Crippen LogP contribution in [0.5, 0.6) is 0 Å². The average molecular weight is 382 g/mol. The van der Waals surface area contributed by atoms with E-state index in [0.29, 0.717) is 11.0 Å². The third-order valence-electron chi connectivity index (χ3n) is 3.87. The van der Waals surface area contributed by atoms with Crippen molar-refractivity contribution in [2.45, 2.75) is 13.0 Å². The van der Waals surface area contributed by atoms with E-state index in [4.69, 9.17) is 9.15 Å². The molecule has 0 aliphatic heterocycles. The quantitative estimate of drug-likeness (QED) is 0.311. The number of hydrogen-bond donors (Lipinski definition) is 1. The molecule has 1 heterocycles. The molecule has 0 aliphatic carbocycles. The molecule has 0 saturated carbocycles. The molecule has 3 rings (SSSR count). The molecular weight excluding hydrogens is 368 g/mol. The molecule has 0 fully saturated rings. The highest BCUT2D eigenvalue weighted by Gasteiger charge is 2.24. The number of esters is 1. The summed E-state index contributed by atoms with van der Waals surface area (Å²) in [4.78, 5) is 46.9. The molecule has 0 spiro atoms. The number of nitrogens with zero attached hydrogens (tertiary/aromatic N) is 1. The highest BCUT2D eigenvalue weighted by molar-refractivity contribution is 5.99. The molecule has 142 valence electrons. The third kappa shape index (κ3) is 3.88. The first-order chi connectivity index (χ1) is 13.4. The van der Waals surface area contributed by atoms with E-state index in [1.165, 1.54) is 37.3 Å². The van der Waals surface area contributed by atoms with Crippen molar-refractivity contribution in [3.8, 4) is 0 Å². The van der Waals surface area contributed by atoms with Crippen LogP contribution in [0.15, 0.2) is 63.8 Å². The lowest BCUT2D eigenvalue weighted by Crippen LogP contribution is -2.31. The van der Waals surface area contributed by atoms with Crippen LogP contribution in [0.1, 0.15) is 17.3 Å². The van der Waals surface area contributed by atoms with Crippen LogP contribution >= 0.6 is 0 Å². The second kappa shape index (κ2) is 7.70. The zero-order valence-corrected chi connectivity index (χ0v) is 14.6. The first-order valence-corrected chi connectivity index (χ1v) is 8.15. The number of fused-ring (bicyclic) bond motifs is 1. The predicted molar refractivity (Wildman–Crippen MR) is 99.1 cm³/mol. The van der Waals surface area contributed by atoms with Crippen LogP contribution in [0, 0.1) is 10.1 Å². The number of nitro groups is 1. The molecule has 9 heteroatoms. The highest BCUT2D eigenvalue weighted by Crippen LogP contribution is 2.23. The van der Waals surface area contributed by atoms with Crippen molar-refractivity contribution in [3.05, 3.63) is 80.7 Å². The van der Waals surface area contributed by atoms with E-state index in [1.807, 2.05) is 0 Å². The topological polar surface area (TPSA) is 129 Å². The second-order valence-corrected chi connectivity index (χ2v) is 5.80. The number of rotatable bonds is 5. The van der Waals surface area contributed by atoms with E-state index in [-0.39, 0.29) is 16.9 Å². The number of anilines is 1. The molecule has 9 nitrogen and oxygen atoms in total. The van der Waals surface area contributed by atoms with Crippen molar-refractivity contribution in [3.63, 3.8) is 0 Å². The fourth-order valence-electron chi connectivity index (χ4n) is 2.45. The van der Waals surface area contributed by atoms with Gasteiger partial charge >= 0.3 is 11.6 Å². The lowest BCUT2D eigenvalue weighted by Gasteiger charge is -2.13. The van der Waals surface area contributed by atoms with Gasteiger partial charge in [0.1, 0.15) is 16.8 Å². The SMILES string of the molecule is C[C@H](OC(=O)c1cc2ccccc2oc1=O)C(=O)Nc1ccccc1[N+](=O)[O-].